The van der Waals surface area contributed by atoms with Crippen molar-refractivity contribution in [2.75, 3.05) is 24.6 Å². The number of rotatable bonds is 5. The van der Waals surface area contributed by atoms with Gasteiger partial charge in [-0.1, -0.05) is 11.6 Å². The van der Waals surface area contributed by atoms with Crippen LogP contribution in [0.3, 0.4) is 0 Å². The van der Waals surface area contributed by atoms with Gasteiger partial charge in [-0.3, -0.25) is 4.79 Å². The van der Waals surface area contributed by atoms with Crippen LogP contribution in [0.25, 0.3) is 0 Å². The highest BCUT2D eigenvalue weighted by Crippen LogP contribution is 2.26. The smallest absolute Gasteiger partial charge is 0.309 e. The number of esters is 1. The first kappa shape index (κ1) is 17.5. The molecule has 1 aliphatic rings. The zero-order valence-electron chi connectivity index (χ0n) is 14.0. The minimum Gasteiger partial charge on any atom is -0.466 e. The average Bonchev–Trinajstić information content (AvgIpc) is 2.64. The normalized spacial score (nSPS) is 15.0. The molecular weight excluding hydrogens is 342 g/mol. The summed E-state index contributed by atoms with van der Waals surface area (Å²) in [6.07, 6.45) is 3.00. The summed E-state index contributed by atoms with van der Waals surface area (Å²) in [6.45, 7) is 3.76. The molecule has 0 radical (unpaired) electrons. The summed E-state index contributed by atoms with van der Waals surface area (Å²) in [6, 6.07) is 8.90. The predicted octanol–water partition coefficient (Wildman–Crippen LogP) is 3.70. The molecule has 0 aliphatic carbocycles. The zero-order valence-corrected chi connectivity index (χ0v) is 14.8. The number of hydrogen-bond acceptors (Lipinski definition) is 6. The molecule has 0 unspecified atom stereocenters. The van der Waals surface area contributed by atoms with Crippen LogP contribution >= 0.6 is 11.6 Å². The fraction of sp³-hybridized carbons (Fsp3) is 0.389. The van der Waals surface area contributed by atoms with E-state index in [1.165, 1.54) is 6.33 Å². The second-order valence-electron chi connectivity index (χ2n) is 5.78. The van der Waals surface area contributed by atoms with Gasteiger partial charge in [-0.2, -0.15) is 0 Å². The van der Waals surface area contributed by atoms with Crippen LogP contribution in [0.15, 0.2) is 36.7 Å². The Labute approximate surface area is 151 Å². The zero-order chi connectivity index (χ0) is 17.6. The maximum absolute atomic E-state index is 11.8. The maximum atomic E-state index is 11.8. The van der Waals surface area contributed by atoms with E-state index in [1.807, 2.05) is 6.92 Å². The molecule has 2 heterocycles. The van der Waals surface area contributed by atoms with Gasteiger partial charge >= 0.3 is 5.97 Å². The number of halogens is 1. The van der Waals surface area contributed by atoms with Crippen molar-refractivity contribution >= 4 is 23.4 Å². The van der Waals surface area contributed by atoms with Crippen LogP contribution in [0, 0.1) is 5.92 Å². The summed E-state index contributed by atoms with van der Waals surface area (Å²) in [4.78, 5) is 22.4. The number of hydrogen-bond donors (Lipinski definition) is 0. The van der Waals surface area contributed by atoms with E-state index in [9.17, 15) is 4.79 Å². The molecule has 1 aromatic heterocycles. The van der Waals surface area contributed by atoms with E-state index in [2.05, 4.69) is 14.9 Å². The van der Waals surface area contributed by atoms with Crippen molar-refractivity contribution in [1.29, 1.82) is 0 Å². The summed E-state index contributed by atoms with van der Waals surface area (Å²) in [7, 11) is 0. The molecule has 25 heavy (non-hydrogen) atoms. The van der Waals surface area contributed by atoms with Crippen molar-refractivity contribution in [3.8, 4) is 11.6 Å². The van der Waals surface area contributed by atoms with E-state index in [4.69, 9.17) is 21.1 Å². The Bertz CT molecular complexity index is 716. The average molecular weight is 362 g/mol. The van der Waals surface area contributed by atoms with Gasteiger partial charge < -0.3 is 14.4 Å². The van der Waals surface area contributed by atoms with Crippen LogP contribution in [0.5, 0.6) is 11.6 Å². The van der Waals surface area contributed by atoms with Crippen LogP contribution < -0.4 is 9.64 Å². The second kappa shape index (κ2) is 8.16. The topological polar surface area (TPSA) is 64.5 Å². The van der Waals surface area contributed by atoms with Gasteiger partial charge in [0.15, 0.2) is 0 Å². The number of ether oxygens (including phenoxy) is 2. The molecule has 1 saturated heterocycles. The largest absolute Gasteiger partial charge is 0.466 e. The van der Waals surface area contributed by atoms with E-state index >= 15 is 0 Å². The van der Waals surface area contributed by atoms with E-state index < -0.39 is 0 Å². The van der Waals surface area contributed by atoms with E-state index in [0.29, 0.717) is 23.3 Å². The van der Waals surface area contributed by atoms with Crippen LogP contribution in [0.1, 0.15) is 19.8 Å². The highest BCUT2D eigenvalue weighted by Gasteiger charge is 2.26. The molecule has 1 aliphatic heterocycles. The molecule has 0 saturated carbocycles. The molecule has 1 fully saturated rings. The molecule has 0 N–H and O–H groups in total. The molecule has 2 aromatic rings. The lowest BCUT2D eigenvalue weighted by Crippen LogP contribution is -2.37. The third-order valence-corrected chi connectivity index (χ3v) is 4.35. The van der Waals surface area contributed by atoms with Gasteiger partial charge in [-0.05, 0) is 44.0 Å². The third-order valence-electron chi connectivity index (χ3n) is 4.10. The highest BCUT2D eigenvalue weighted by atomic mass is 35.5. The van der Waals surface area contributed by atoms with Gasteiger partial charge in [-0.25, -0.2) is 9.97 Å². The van der Waals surface area contributed by atoms with Gasteiger partial charge in [0.05, 0.1) is 12.5 Å². The lowest BCUT2D eigenvalue weighted by atomic mass is 9.97. The molecule has 0 amide bonds. The van der Waals surface area contributed by atoms with E-state index in [-0.39, 0.29) is 11.9 Å². The Kier molecular flexibility index (Phi) is 5.71. The predicted molar refractivity (Wildman–Crippen MR) is 95.1 cm³/mol. The number of carbonyl (C=O) groups excluding carboxylic acids is 1. The Morgan fingerprint density at radius 3 is 2.64 bits per heavy atom. The maximum Gasteiger partial charge on any atom is 0.309 e. The Hall–Kier alpha value is -2.34. The first-order valence-electron chi connectivity index (χ1n) is 8.32. The van der Waals surface area contributed by atoms with Crippen LogP contribution in [0.4, 0.5) is 5.82 Å². The number of anilines is 1. The van der Waals surface area contributed by atoms with Crippen molar-refractivity contribution in [2.24, 2.45) is 5.92 Å². The number of piperidine rings is 1. The van der Waals surface area contributed by atoms with Gasteiger partial charge in [0.2, 0.25) is 5.88 Å². The number of aromatic nitrogens is 2. The fourth-order valence-electron chi connectivity index (χ4n) is 2.79. The van der Waals surface area contributed by atoms with Crippen molar-refractivity contribution in [3.63, 3.8) is 0 Å². The number of nitrogens with zero attached hydrogens (tertiary/aromatic N) is 3. The molecule has 132 valence electrons. The van der Waals surface area contributed by atoms with Gasteiger partial charge in [0.1, 0.15) is 17.9 Å². The monoisotopic (exact) mass is 361 g/mol. The van der Waals surface area contributed by atoms with Crippen molar-refractivity contribution in [2.45, 2.75) is 19.8 Å². The lowest BCUT2D eigenvalue weighted by molar-refractivity contribution is -0.148. The quantitative estimate of drug-likeness (QED) is 0.756. The Balaban J connectivity index is 1.62. The molecule has 1 aromatic carbocycles. The molecule has 3 rings (SSSR count). The highest BCUT2D eigenvalue weighted by molar-refractivity contribution is 6.30. The molecule has 7 heteroatoms. The Morgan fingerprint density at radius 1 is 1.24 bits per heavy atom. The summed E-state index contributed by atoms with van der Waals surface area (Å²) in [5.41, 5.74) is 0. The minimum absolute atomic E-state index is 0.0252. The van der Waals surface area contributed by atoms with Gasteiger partial charge in [-0.15, -0.1) is 0 Å². The minimum atomic E-state index is -0.100. The first-order chi connectivity index (χ1) is 12.2. The van der Waals surface area contributed by atoms with Crippen LogP contribution in [0.2, 0.25) is 5.02 Å². The molecule has 0 atom stereocenters. The fourth-order valence-corrected chi connectivity index (χ4v) is 2.91. The van der Waals surface area contributed by atoms with E-state index in [1.54, 1.807) is 30.3 Å². The molecular formula is C18H20ClN3O3. The summed E-state index contributed by atoms with van der Waals surface area (Å²) < 4.78 is 10.8. The van der Waals surface area contributed by atoms with Crippen LogP contribution in [-0.2, 0) is 9.53 Å². The standard InChI is InChI=1S/C18H20ClN3O3/c1-2-24-18(23)13-7-9-22(10-8-13)16-11-17(21-12-20-16)25-15-5-3-14(19)4-6-15/h3-6,11-13H,2,7-10H2,1H3. The third kappa shape index (κ3) is 4.60. The first-order valence-corrected chi connectivity index (χ1v) is 8.70. The molecule has 0 spiro atoms. The van der Waals surface area contributed by atoms with Crippen molar-refractivity contribution < 1.29 is 14.3 Å². The SMILES string of the molecule is CCOC(=O)C1CCN(c2cc(Oc3ccc(Cl)cc3)ncn2)CC1. The number of benzene rings is 1. The Morgan fingerprint density at radius 2 is 1.96 bits per heavy atom. The van der Waals surface area contributed by atoms with Gasteiger partial charge in [0.25, 0.3) is 0 Å². The van der Waals surface area contributed by atoms with Crippen molar-refractivity contribution in [3.05, 3.63) is 41.7 Å². The summed E-state index contributed by atoms with van der Waals surface area (Å²) in [5.74, 6) is 1.80. The van der Waals surface area contributed by atoms with Gasteiger partial charge in [0, 0.05) is 24.2 Å². The lowest BCUT2D eigenvalue weighted by Gasteiger charge is -2.31. The summed E-state index contributed by atoms with van der Waals surface area (Å²) >= 11 is 5.87. The molecule has 0 bridgehead atoms. The summed E-state index contributed by atoms with van der Waals surface area (Å²) in [5, 5.41) is 0.653. The van der Waals surface area contributed by atoms with E-state index in [0.717, 1.165) is 31.7 Å². The van der Waals surface area contributed by atoms with Crippen LogP contribution in [-0.4, -0.2) is 35.6 Å². The van der Waals surface area contributed by atoms with Crippen molar-refractivity contribution in [1.82, 2.24) is 9.97 Å². The molecule has 6 nitrogen and oxygen atoms in total. The number of carbonyl (C=O) groups is 1. The second-order valence-corrected chi connectivity index (χ2v) is 6.22.